The molecule has 0 saturated heterocycles. The molecule has 0 spiro atoms. The molecule has 1 aliphatic rings. The van der Waals surface area contributed by atoms with Gasteiger partial charge in [0.15, 0.2) is 0 Å². The molecule has 0 nitrogen and oxygen atoms in total. The van der Waals surface area contributed by atoms with Crippen molar-refractivity contribution in [3.8, 4) is 11.1 Å². The van der Waals surface area contributed by atoms with Gasteiger partial charge in [-0.1, -0.05) is 117 Å². The molecule has 1 aliphatic heterocycles. The molecular weight excluding hydrogens is 417 g/mol. The van der Waals surface area contributed by atoms with Crippen LogP contribution in [0.15, 0.2) is 109 Å². The fraction of sp³-hybridized carbons (Fsp3) is 0.148. The standard InChI is InChI=1S/C27H27P3/c1-2-4-12-22-28-30(27-16-10-7-11-17-27)29(23-13-5-3-1)26-20-18-25(19-21-26)24-14-8-6-9-15-24/h1-2,4,6-12,14-22H,3,5,13,23H2. The van der Waals surface area contributed by atoms with E-state index in [1.165, 1.54) is 49.7 Å². The van der Waals surface area contributed by atoms with Gasteiger partial charge in [0.2, 0.25) is 0 Å². The van der Waals surface area contributed by atoms with E-state index in [4.69, 9.17) is 0 Å². The average molecular weight is 444 g/mol. The summed E-state index contributed by atoms with van der Waals surface area (Å²) in [6, 6.07) is 31.4. The van der Waals surface area contributed by atoms with Crippen molar-refractivity contribution in [1.29, 1.82) is 0 Å². The number of benzene rings is 3. The molecule has 0 amide bonds. The van der Waals surface area contributed by atoms with E-state index in [-0.39, 0.29) is 14.9 Å². The van der Waals surface area contributed by atoms with Crippen molar-refractivity contribution in [2.24, 2.45) is 0 Å². The topological polar surface area (TPSA) is 0 Å². The highest BCUT2D eigenvalue weighted by Crippen LogP contribution is 2.74. The van der Waals surface area contributed by atoms with E-state index in [2.05, 4.69) is 115 Å². The molecule has 3 heteroatoms. The van der Waals surface area contributed by atoms with Gasteiger partial charge >= 0.3 is 0 Å². The summed E-state index contributed by atoms with van der Waals surface area (Å²) in [5, 5.41) is 3.08. The van der Waals surface area contributed by atoms with Gasteiger partial charge in [-0.25, -0.2) is 0 Å². The van der Waals surface area contributed by atoms with E-state index in [9.17, 15) is 0 Å². The highest BCUT2D eigenvalue weighted by Gasteiger charge is 2.22. The maximum atomic E-state index is 2.41. The molecule has 2 unspecified atom stereocenters. The number of hydrogen-bond donors (Lipinski definition) is 0. The van der Waals surface area contributed by atoms with Gasteiger partial charge in [-0.15, -0.1) is 0 Å². The lowest BCUT2D eigenvalue weighted by Crippen LogP contribution is -2.06. The summed E-state index contributed by atoms with van der Waals surface area (Å²) >= 11 is 0. The van der Waals surface area contributed by atoms with Crippen LogP contribution in [0, 0.1) is 0 Å². The second-order valence-corrected chi connectivity index (χ2v) is 16.1. The Morgan fingerprint density at radius 3 is 2.07 bits per heavy atom. The van der Waals surface area contributed by atoms with Crippen molar-refractivity contribution in [3.63, 3.8) is 0 Å². The third kappa shape index (κ3) is 5.86. The Labute approximate surface area is 184 Å². The van der Waals surface area contributed by atoms with Crippen LogP contribution in [0.1, 0.15) is 19.3 Å². The predicted octanol–water partition coefficient (Wildman–Crippen LogP) is 8.14. The molecule has 3 aromatic carbocycles. The van der Waals surface area contributed by atoms with Crippen LogP contribution < -0.4 is 10.6 Å². The van der Waals surface area contributed by atoms with Crippen molar-refractivity contribution in [3.05, 3.63) is 109 Å². The van der Waals surface area contributed by atoms with Crippen LogP contribution in [0.4, 0.5) is 0 Å². The molecule has 0 aliphatic carbocycles. The molecule has 1 heterocycles. The van der Waals surface area contributed by atoms with Crippen LogP contribution in [0.2, 0.25) is 0 Å². The van der Waals surface area contributed by atoms with E-state index in [0.717, 1.165) is 0 Å². The lowest BCUT2D eigenvalue weighted by atomic mass is 10.1. The normalized spacial score (nSPS) is 20.3. The zero-order valence-electron chi connectivity index (χ0n) is 17.1. The van der Waals surface area contributed by atoms with Gasteiger partial charge in [0.1, 0.15) is 0 Å². The average Bonchev–Trinajstić information content (AvgIpc) is 2.81. The molecule has 0 bridgehead atoms. The minimum Gasteiger partial charge on any atom is -0.0845 e. The molecule has 4 rings (SSSR count). The summed E-state index contributed by atoms with van der Waals surface area (Å²) in [6.07, 6.45) is 14.0. The molecule has 2 atom stereocenters. The fourth-order valence-electron chi connectivity index (χ4n) is 3.53. The molecule has 0 aromatic heterocycles. The number of rotatable bonds is 3. The summed E-state index contributed by atoms with van der Waals surface area (Å²) in [7, 11) is 0.980. The van der Waals surface area contributed by atoms with Gasteiger partial charge in [-0.05, 0) is 60.6 Å². The summed E-state index contributed by atoms with van der Waals surface area (Å²) in [5.74, 6) is 2.36. The Morgan fingerprint density at radius 1 is 0.600 bits per heavy atom. The van der Waals surface area contributed by atoms with Crippen molar-refractivity contribution in [2.45, 2.75) is 19.3 Å². The van der Waals surface area contributed by atoms with Crippen molar-refractivity contribution < 1.29 is 0 Å². The fourth-order valence-corrected chi connectivity index (χ4v) is 15.0. The minimum atomic E-state index is -0.257. The SMILES string of the molecule is C1=CC=PP(c2ccccc2)P(c2ccc(-c3ccccc3)cc2)CCCCC=C1. The summed E-state index contributed by atoms with van der Waals surface area (Å²) < 4.78 is 0. The van der Waals surface area contributed by atoms with Crippen LogP contribution in [0.3, 0.4) is 0 Å². The molecule has 0 saturated carbocycles. The van der Waals surface area contributed by atoms with Gasteiger partial charge in [0, 0.05) is 7.30 Å². The Kier molecular flexibility index (Phi) is 8.23. The maximum Gasteiger partial charge on any atom is 0.00745 e. The van der Waals surface area contributed by atoms with E-state index >= 15 is 0 Å². The largest absolute Gasteiger partial charge is 0.0845 e. The first-order valence-electron chi connectivity index (χ1n) is 10.6. The second kappa shape index (κ2) is 11.5. The Balaban J connectivity index is 1.68. The molecule has 0 fully saturated rings. The van der Waals surface area contributed by atoms with Crippen molar-refractivity contribution >= 4 is 39.2 Å². The Bertz CT molecular complexity index is 989. The number of hydrogen-bond acceptors (Lipinski definition) is 0. The Morgan fingerprint density at radius 2 is 1.30 bits per heavy atom. The summed E-state index contributed by atoms with van der Waals surface area (Å²) in [5.41, 5.74) is 2.61. The van der Waals surface area contributed by atoms with Crippen LogP contribution in [0.25, 0.3) is 11.1 Å². The zero-order valence-corrected chi connectivity index (χ0v) is 19.8. The van der Waals surface area contributed by atoms with E-state index < -0.39 is 0 Å². The second-order valence-electron chi connectivity index (χ2n) is 7.23. The van der Waals surface area contributed by atoms with Crippen molar-refractivity contribution in [1.82, 2.24) is 0 Å². The zero-order chi connectivity index (χ0) is 20.4. The Hall–Kier alpha value is -1.83. The van der Waals surface area contributed by atoms with Gasteiger partial charge in [-0.3, -0.25) is 0 Å². The highest BCUT2D eigenvalue weighted by molar-refractivity contribution is 8.60. The first kappa shape index (κ1) is 21.4. The van der Waals surface area contributed by atoms with Crippen molar-refractivity contribution in [2.75, 3.05) is 6.16 Å². The molecule has 150 valence electrons. The first-order chi connectivity index (χ1) is 14.9. The molecule has 30 heavy (non-hydrogen) atoms. The molecule has 3 aromatic rings. The highest BCUT2D eigenvalue weighted by atomic mass is 32.4. The van der Waals surface area contributed by atoms with Crippen LogP contribution >= 0.6 is 22.8 Å². The quantitative estimate of drug-likeness (QED) is 0.358. The van der Waals surface area contributed by atoms with Gasteiger partial charge < -0.3 is 0 Å². The lowest BCUT2D eigenvalue weighted by molar-refractivity contribution is 0.822. The monoisotopic (exact) mass is 444 g/mol. The van der Waals surface area contributed by atoms with E-state index in [0.29, 0.717) is 0 Å². The lowest BCUT2D eigenvalue weighted by Gasteiger charge is -2.26. The van der Waals surface area contributed by atoms with Crippen LogP contribution in [0.5, 0.6) is 0 Å². The van der Waals surface area contributed by atoms with E-state index in [1.807, 2.05) is 0 Å². The summed E-state index contributed by atoms with van der Waals surface area (Å²) in [4.78, 5) is 0. The third-order valence-electron chi connectivity index (χ3n) is 5.10. The maximum absolute atomic E-state index is 2.41. The molecular formula is C27H27P3. The van der Waals surface area contributed by atoms with Crippen LogP contribution in [-0.4, -0.2) is 12.0 Å². The summed E-state index contributed by atoms with van der Waals surface area (Å²) in [6.45, 7) is 0. The first-order valence-corrected chi connectivity index (χ1v) is 15.8. The van der Waals surface area contributed by atoms with E-state index in [1.54, 1.807) is 5.30 Å². The predicted molar refractivity (Wildman–Crippen MR) is 141 cm³/mol. The minimum absolute atomic E-state index is 0.218. The van der Waals surface area contributed by atoms with Gasteiger partial charge in [0.05, 0.1) is 0 Å². The smallest absolute Gasteiger partial charge is 0.00745 e. The molecule has 0 N–H and O–H groups in total. The third-order valence-corrected chi connectivity index (χ3v) is 16.5. The van der Waals surface area contributed by atoms with Gasteiger partial charge in [-0.2, -0.15) is 0 Å². The van der Waals surface area contributed by atoms with Crippen LogP contribution in [-0.2, 0) is 0 Å². The number of allylic oxidation sites excluding steroid dienone is 4. The molecule has 0 radical (unpaired) electrons. The van der Waals surface area contributed by atoms with Gasteiger partial charge in [0.25, 0.3) is 0 Å².